The number of anilines is 2. The summed E-state index contributed by atoms with van der Waals surface area (Å²) in [7, 11) is 1.54. The molecule has 6 heteroatoms. The first-order valence-electron chi connectivity index (χ1n) is 7.27. The molecule has 0 bridgehead atoms. The molecule has 0 amide bonds. The van der Waals surface area contributed by atoms with E-state index >= 15 is 0 Å². The van der Waals surface area contributed by atoms with E-state index in [1.807, 2.05) is 36.4 Å². The van der Waals surface area contributed by atoms with Crippen LogP contribution in [0.15, 0.2) is 47.6 Å². The largest absolute Gasteiger partial charge is 0.453 e. The average molecular weight is 332 g/mol. The predicted molar refractivity (Wildman–Crippen MR) is 92.8 cm³/mol. The molecular formula is C17H18ClN3O2. The Morgan fingerprint density at radius 3 is 2.70 bits per heavy atom. The summed E-state index contributed by atoms with van der Waals surface area (Å²) in [6.45, 7) is 3.17. The highest BCUT2D eigenvalue weighted by Crippen LogP contribution is 2.25. The monoisotopic (exact) mass is 331 g/mol. The first-order chi connectivity index (χ1) is 11.2. The van der Waals surface area contributed by atoms with Crippen LogP contribution in [0.4, 0.5) is 11.4 Å². The van der Waals surface area contributed by atoms with Crippen molar-refractivity contribution in [1.29, 1.82) is 0 Å². The van der Waals surface area contributed by atoms with Gasteiger partial charge in [0.1, 0.15) is 0 Å². The lowest BCUT2D eigenvalue weighted by molar-refractivity contribution is 0.225. The SMILES string of the molecule is COC1=NN(c2ccc(NCc3ccc(Cl)cc3)c(C)c2)CO1. The number of hydrogen-bond acceptors (Lipinski definition) is 5. The van der Waals surface area contributed by atoms with Crippen molar-refractivity contribution in [2.45, 2.75) is 13.5 Å². The molecule has 0 atom stereocenters. The maximum Gasteiger partial charge on any atom is 0.407 e. The van der Waals surface area contributed by atoms with Gasteiger partial charge in [0, 0.05) is 17.3 Å². The minimum absolute atomic E-state index is 0.285. The Kier molecular flexibility index (Phi) is 4.57. The number of aryl methyl sites for hydroxylation is 1. The van der Waals surface area contributed by atoms with Crippen molar-refractivity contribution in [2.75, 3.05) is 24.2 Å². The summed E-state index contributed by atoms with van der Waals surface area (Å²) in [5.74, 6) is 0. The number of hydrogen-bond donors (Lipinski definition) is 1. The molecular weight excluding hydrogens is 314 g/mol. The number of methoxy groups -OCH3 is 1. The molecule has 120 valence electrons. The Morgan fingerprint density at radius 1 is 1.26 bits per heavy atom. The number of rotatable bonds is 4. The van der Waals surface area contributed by atoms with E-state index in [9.17, 15) is 0 Å². The molecule has 0 aliphatic carbocycles. The Morgan fingerprint density at radius 2 is 2.04 bits per heavy atom. The molecule has 0 aromatic heterocycles. The van der Waals surface area contributed by atoms with E-state index in [0.717, 1.165) is 28.5 Å². The standard InChI is InChI=1S/C17H18ClN3O2/c1-12-9-15(21-11-23-17(20-21)22-2)7-8-16(12)19-10-13-3-5-14(18)6-4-13/h3-9,19H,10-11H2,1-2H3. The fraction of sp³-hybridized carbons (Fsp3) is 0.235. The number of nitrogens with zero attached hydrogens (tertiary/aromatic N) is 2. The highest BCUT2D eigenvalue weighted by atomic mass is 35.5. The quantitative estimate of drug-likeness (QED) is 0.920. The van der Waals surface area contributed by atoms with Crippen LogP contribution in [0.1, 0.15) is 11.1 Å². The van der Waals surface area contributed by atoms with Crippen molar-refractivity contribution in [3.8, 4) is 0 Å². The van der Waals surface area contributed by atoms with Crippen molar-refractivity contribution in [1.82, 2.24) is 0 Å². The van der Waals surface area contributed by atoms with Crippen LogP contribution in [0.3, 0.4) is 0 Å². The van der Waals surface area contributed by atoms with Crippen LogP contribution in [0.25, 0.3) is 0 Å². The van der Waals surface area contributed by atoms with Crippen LogP contribution in [0, 0.1) is 6.92 Å². The molecule has 0 saturated carbocycles. The molecule has 2 aromatic rings. The van der Waals surface area contributed by atoms with Gasteiger partial charge in [-0.3, -0.25) is 0 Å². The van der Waals surface area contributed by atoms with E-state index in [2.05, 4.69) is 23.4 Å². The lowest BCUT2D eigenvalue weighted by Crippen LogP contribution is -2.13. The smallest absolute Gasteiger partial charge is 0.407 e. The molecule has 1 aliphatic rings. The number of ether oxygens (including phenoxy) is 2. The minimum atomic E-state index is 0.285. The van der Waals surface area contributed by atoms with Crippen molar-refractivity contribution in [3.63, 3.8) is 0 Å². The van der Waals surface area contributed by atoms with Crippen molar-refractivity contribution < 1.29 is 9.47 Å². The summed E-state index contributed by atoms with van der Waals surface area (Å²) >= 11 is 5.90. The van der Waals surface area contributed by atoms with E-state index in [1.165, 1.54) is 12.7 Å². The van der Waals surface area contributed by atoms with Gasteiger partial charge in [-0.25, -0.2) is 5.01 Å². The molecule has 1 heterocycles. The van der Waals surface area contributed by atoms with E-state index < -0.39 is 0 Å². The molecule has 2 aromatic carbocycles. The normalized spacial score (nSPS) is 13.5. The number of hydrazone groups is 1. The van der Waals surface area contributed by atoms with Gasteiger partial charge in [0.2, 0.25) is 0 Å². The van der Waals surface area contributed by atoms with Gasteiger partial charge >= 0.3 is 6.08 Å². The van der Waals surface area contributed by atoms with Gasteiger partial charge in [0.05, 0.1) is 12.8 Å². The Balaban J connectivity index is 1.67. The van der Waals surface area contributed by atoms with Crippen LogP contribution < -0.4 is 10.3 Å². The van der Waals surface area contributed by atoms with Crippen molar-refractivity contribution in [3.05, 3.63) is 58.6 Å². The highest BCUT2D eigenvalue weighted by molar-refractivity contribution is 6.30. The number of benzene rings is 2. The Hall–Kier alpha value is -2.40. The molecule has 5 nitrogen and oxygen atoms in total. The third-order valence-electron chi connectivity index (χ3n) is 3.59. The van der Waals surface area contributed by atoms with E-state index in [0.29, 0.717) is 6.73 Å². The first-order valence-corrected chi connectivity index (χ1v) is 7.65. The van der Waals surface area contributed by atoms with Gasteiger partial charge < -0.3 is 14.8 Å². The fourth-order valence-electron chi connectivity index (χ4n) is 2.31. The van der Waals surface area contributed by atoms with Gasteiger partial charge in [0.25, 0.3) is 0 Å². The van der Waals surface area contributed by atoms with Crippen molar-refractivity contribution in [2.24, 2.45) is 5.10 Å². The number of nitrogens with one attached hydrogen (secondary N) is 1. The lowest BCUT2D eigenvalue weighted by atomic mass is 10.1. The van der Waals surface area contributed by atoms with Crippen LogP contribution in [-0.4, -0.2) is 19.9 Å². The lowest BCUT2D eigenvalue weighted by Gasteiger charge is -2.15. The third kappa shape index (κ3) is 3.68. The van der Waals surface area contributed by atoms with E-state index in [4.69, 9.17) is 21.1 Å². The van der Waals surface area contributed by atoms with Crippen LogP contribution in [0.5, 0.6) is 0 Å². The first kappa shape index (κ1) is 15.5. The van der Waals surface area contributed by atoms with Gasteiger partial charge in [-0.1, -0.05) is 28.8 Å². The van der Waals surface area contributed by atoms with Crippen LogP contribution in [0.2, 0.25) is 5.02 Å². The Bertz CT molecular complexity index is 716. The summed E-state index contributed by atoms with van der Waals surface area (Å²) < 4.78 is 10.3. The second kappa shape index (κ2) is 6.79. The molecule has 23 heavy (non-hydrogen) atoms. The zero-order valence-electron chi connectivity index (χ0n) is 13.0. The summed E-state index contributed by atoms with van der Waals surface area (Å²) in [5.41, 5.74) is 4.36. The van der Waals surface area contributed by atoms with Gasteiger partial charge in [0.15, 0.2) is 6.73 Å². The molecule has 0 spiro atoms. The van der Waals surface area contributed by atoms with Crippen LogP contribution in [-0.2, 0) is 16.0 Å². The number of halogens is 1. The van der Waals surface area contributed by atoms with Gasteiger partial charge in [-0.2, -0.15) is 0 Å². The molecule has 0 fully saturated rings. The predicted octanol–water partition coefficient (Wildman–Crippen LogP) is 3.97. The second-order valence-corrected chi connectivity index (χ2v) is 5.66. The Labute approximate surface area is 140 Å². The molecule has 1 N–H and O–H groups in total. The van der Waals surface area contributed by atoms with E-state index in [-0.39, 0.29) is 6.08 Å². The molecule has 0 saturated heterocycles. The molecule has 0 unspecified atom stereocenters. The van der Waals surface area contributed by atoms with Crippen LogP contribution >= 0.6 is 11.6 Å². The molecule has 1 aliphatic heterocycles. The van der Waals surface area contributed by atoms with E-state index in [1.54, 1.807) is 5.01 Å². The highest BCUT2D eigenvalue weighted by Gasteiger charge is 2.17. The fourth-order valence-corrected chi connectivity index (χ4v) is 2.44. The summed E-state index contributed by atoms with van der Waals surface area (Å²) in [5, 5.41) is 10.2. The van der Waals surface area contributed by atoms with Gasteiger partial charge in [-0.05, 0) is 48.4 Å². The van der Waals surface area contributed by atoms with Crippen molar-refractivity contribution >= 4 is 29.1 Å². The summed E-state index contributed by atoms with van der Waals surface area (Å²) in [6, 6.07) is 13.9. The topological polar surface area (TPSA) is 46.1 Å². The maximum atomic E-state index is 5.90. The maximum absolute atomic E-state index is 5.90. The molecule has 0 radical (unpaired) electrons. The average Bonchev–Trinajstić information content (AvgIpc) is 3.04. The summed E-state index contributed by atoms with van der Waals surface area (Å²) in [4.78, 5) is 0. The van der Waals surface area contributed by atoms with Gasteiger partial charge in [-0.15, -0.1) is 0 Å². The zero-order chi connectivity index (χ0) is 16.2. The summed E-state index contributed by atoms with van der Waals surface area (Å²) in [6.07, 6.45) is 0.285. The zero-order valence-corrected chi connectivity index (χ0v) is 13.8. The second-order valence-electron chi connectivity index (χ2n) is 5.22. The third-order valence-corrected chi connectivity index (χ3v) is 3.84. The molecule has 3 rings (SSSR count). The minimum Gasteiger partial charge on any atom is -0.453 e.